The van der Waals surface area contributed by atoms with E-state index in [-0.39, 0.29) is 24.4 Å². The van der Waals surface area contributed by atoms with Gasteiger partial charge in [-0.1, -0.05) is 15.9 Å². The van der Waals surface area contributed by atoms with Crippen molar-refractivity contribution in [1.82, 2.24) is 0 Å². The van der Waals surface area contributed by atoms with Crippen molar-refractivity contribution in [3.8, 4) is 0 Å². The average molecular weight is 426 g/mol. The van der Waals surface area contributed by atoms with E-state index in [1.165, 1.54) is 6.07 Å². The number of carbonyl (C=O) groups is 2. The highest BCUT2D eigenvalue weighted by Crippen LogP contribution is 2.41. The maximum atomic E-state index is 14.7. The normalized spacial score (nSPS) is 19.8. The van der Waals surface area contributed by atoms with Gasteiger partial charge >= 0.3 is 11.9 Å². The standard InChI is InChI=1S/C19H21BrFNO4/c1-5-25-18(23)15-10(3)22-11(4)16(19(24)26-6-2)17(15)13-9-12(20)7-8-14(13)21/h7-9,15,17H,5-6H2,1-4H3. The maximum Gasteiger partial charge on any atom is 0.336 e. The minimum atomic E-state index is -0.901. The van der Waals surface area contributed by atoms with Crippen molar-refractivity contribution in [3.63, 3.8) is 0 Å². The van der Waals surface area contributed by atoms with Gasteiger partial charge in [-0.3, -0.25) is 9.79 Å². The van der Waals surface area contributed by atoms with Crippen LogP contribution >= 0.6 is 15.9 Å². The van der Waals surface area contributed by atoms with E-state index in [1.54, 1.807) is 39.8 Å². The van der Waals surface area contributed by atoms with Gasteiger partial charge in [0.25, 0.3) is 0 Å². The first-order valence-corrected chi connectivity index (χ1v) is 9.15. The molecule has 1 heterocycles. The lowest BCUT2D eigenvalue weighted by atomic mass is 9.75. The molecule has 1 aliphatic rings. The largest absolute Gasteiger partial charge is 0.465 e. The molecule has 26 heavy (non-hydrogen) atoms. The maximum absolute atomic E-state index is 14.7. The highest BCUT2D eigenvalue weighted by atomic mass is 79.9. The van der Waals surface area contributed by atoms with Crippen LogP contribution in [0, 0.1) is 11.7 Å². The summed E-state index contributed by atoms with van der Waals surface area (Å²) in [6.07, 6.45) is 0. The van der Waals surface area contributed by atoms with Crippen molar-refractivity contribution < 1.29 is 23.5 Å². The fraction of sp³-hybridized carbons (Fsp3) is 0.421. The molecule has 0 amide bonds. The summed E-state index contributed by atoms with van der Waals surface area (Å²) >= 11 is 3.32. The number of nitrogens with zero attached hydrogens (tertiary/aromatic N) is 1. The second-order valence-electron chi connectivity index (χ2n) is 5.85. The number of benzene rings is 1. The summed E-state index contributed by atoms with van der Waals surface area (Å²) in [5.74, 6) is -3.45. The molecule has 0 N–H and O–H groups in total. The van der Waals surface area contributed by atoms with Gasteiger partial charge < -0.3 is 9.47 Å². The fourth-order valence-electron chi connectivity index (χ4n) is 3.14. The number of ether oxygens (including phenoxy) is 2. The minimum absolute atomic E-state index is 0.163. The molecule has 5 nitrogen and oxygen atoms in total. The molecule has 0 fully saturated rings. The second kappa shape index (κ2) is 8.58. The van der Waals surface area contributed by atoms with Crippen LogP contribution in [0.5, 0.6) is 0 Å². The topological polar surface area (TPSA) is 65.0 Å². The number of allylic oxidation sites excluding steroid dienone is 1. The van der Waals surface area contributed by atoms with E-state index in [1.807, 2.05) is 0 Å². The molecule has 2 atom stereocenters. The fourth-order valence-corrected chi connectivity index (χ4v) is 3.52. The number of hydrogen-bond donors (Lipinski definition) is 0. The Morgan fingerprint density at radius 2 is 1.85 bits per heavy atom. The molecule has 0 radical (unpaired) electrons. The van der Waals surface area contributed by atoms with Crippen LogP contribution in [0.1, 0.15) is 39.2 Å². The quantitative estimate of drug-likeness (QED) is 0.664. The Labute approximate surface area is 160 Å². The van der Waals surface area contributed by atoms with Gasteiger partial charge in [-0.2, -0.15) is 0 Å². The Bertz CT molecular complexity index is 788. The lowest BCUT2D eigenvalue weighted by molar-refractivity contribution is -0.146. The molecule has 0 saturated heterocycles. The molecule has 2 unspecified atom stereocenters. The molecule has 7 heteroatoms. The molecule has 0 saturated carbocycles. The molecule has 1 aliphatic heterocycles. The first kappa shape index (κ1) is 20.3. The van der Waals surface area contributed by atoms with Crippen molar-refractivity contribution in [2.75, 3.05) is 13.2 Å². The van der Waals surface area contributed by atoms with Crippen LogP contribution in [0.15, 0.2) is 38.9 Å². The van der Waals surface area contributed by atoms with E-state index in [4.69, 9.17) is 9.47 Å². The summed E-state index contributed by atoms with van der Waals surface area (Å²) in [5.41, 5.74) is 1.27. The third-order valence-corrected chi connectivity index (χ3v) is 4.65. The molecule has 2 rings (SSSR count). The van der Waals surface area contributed by atoms with Gasteiger partial charge in [-0.05, 0) is 51.5 Å². The van der Waals surface area contributed by atoms with E-state index < -0.39 is 29.6 Å². The Kier molecular flexibility index (Phi) is 6.69. The van der Waals surface area contributed by atoms with Gasteiger partial charge in [-0.25, -0.2) is 9.18 Å². The summed E-state index contributed by atoms with van der Waals surface area (Å²) in [6, 6.07) is 4.42. The van der Waals surface area contributed by atoms with Crippen LogP contribution in [0.25, 0.3) is 0 Å². The lowest BCUT2D eigenvalue weighted by Gasteiger charge is -2.31. The number of esters is 2. The van der Waals surface area contributed by atoms with Gasteiger partial charge in [-0.15, -0.1) is 0 Å². The van der Waals surface area contributed by atoms with Crippen molar-refractivity contribution in [3.05, 3.63) is 45.3 Å². The monoisotopic (exact) mass is 425 g/mol. The number of carbonyl (C=O) groups excluding carboxylic acids is 2. The van der Waals surface area contributed by atoms with Crippen LogP contribution in [0.3, 0.4) is 0 Å². The predicted octanol–water partition coefficient (Wildman–Crippen LogP) is 4.16. The zero-order chi connectivity index (χ0) is 19.4. The molecule has 1 aromatic rings. The summed E-state index contributed by atoms with van der Waals surface area (Å²) in [5, 5.41) is 0. The summed E-state index contributed by atoms with van der Waals surface area (Å²) in [6.45, 7) is 7.04. The first-order chi connectivity index (χ1) is 12.3. The Morgan fingerprint density at radius 1 is 1.19 bits per heavy atom. The smallest absolute Gasteiger partial charge is 0.336 e. The number of aliphatic imine (C=N–C) groups is 1. The lowest BCUT2D eigenvalue weighted by Crippen LogP contribution is -2.37. The third-order valence-electron chi connectivity index (χ3n) is 4.16. The molecule has 0 spiro atoms. The highest BCUT2D eigenvalue weighted by molar-refractivity contribution is 9.10. The highest BCUT2D eigenvalue weighted by Gasteiger charge is 2.43. The van der Waals surface area contributed by atoms with Gasteiger partial charge in [0.2, 0.25) is 0 Å². The molecular weight excluding hydrogens is 405 g/mol. The van der Waals surface area contributed by atoms with Crippen LogP contribution in [0.2, 0.25) is 0 Å². The predicted molar refractivity (Wildman–Crippen MR) is 99.4 cm³/mol. The van der Waals surface area contributed by atoms with Gasteiger partial charge in [0, 0.05) is 21.8 Å². The van der Waals surface area contributed by atoms with E-state index in [2.05, 4.69) is 20.9 Å². The van der Waals surface area contributed by atoms with E-state index in [0.717, 1.165) is 0 Å². The summed E-state index contributed by atoms with van der Waals surface area (Å²) in [7, 11) is 0. The van der Waals surface area contributed by atoms with Crippen LogP contribution in [0.4, 0.5) is 4.39 Å². The van der Waals surface area contributed by atoms with Crippen LogP contribution in [-0.2, 0) is 19.1 Å². The van der Waals surface area contributed by atoms with E-state index >= 15 is 0 Å². The number of hydrogen-bond acceptors (Lipinski definition) is 5. The van der Waals surface area contributed by atoms with Crippen molar-refractivity contribution in [1.29, 1.82) is 0 Å². The van der Waals surface area contributed by atoms with Crippen LogP contribution in [-0.4, -0.2) is 30.9 Å². The van der Waals surface area contributed by atoms with Crippen LogP contribution < -0.4 is 0 Å². The SMILES string of the molecule is CCOC(=O)C1=C(C)N=C(C)C(C(=O)OCC)C1c1cc(Br)ccc1F. The third kappa shape index (κ3) is 4.03. The molecule has 0 aromatic heterocycles. The first-order valence-electron chi connectivity index (χ1n) is 8.36. The minimum Gasteiger partial charge on any atom is -0.465 e. The Balaban J connectivity index is 2.70. The molecule has 1 aromatic carbocycles. The zero-order valence-electron chi connectivity index (χ0n) is 15.1. The number of rotatable bonds is 5. The molecular formula is C19H21BrFNO4. The molecule has 0 aliphatic carbocycles. The summed E-state index contributed by atoms with van der Waals surface area (Å²) < 4.78 is 25.6. The van der Waals surface area contributed by atoms with Crippen molar-refractivity contribution in [2.45, 2.75) is 33.6 Å². The molecule has 0 bridgehead atoms. The zero-order valence-corrected chi connectivity index (χ0v) is 16.7. The van der Waals surface area contributed by atoms with Crippen molar-refractivity contribution >= 4 is 33.6 Å². The van der Waals surface area contributed by atoms with Gasteiger partial charge in [0.1, 0.15) is 11.7 Å². The van der Waals surface area contributed by atoms with Gasteiger partial charge in [0.15, 0.2) is 0 Å². The Morgan fingerprint density at radius 3 is 2.46 bits per heavy atom. The van der Waals surface area contributed by atoms with Gasteiger partial charge in [0.05, 0.1) is 18.8 Å². The van der Waals surface area contributed by atoms with E-state index in [9.17, 15) is 14.0 Å². The number of halogens is 2. The second-order valence-corrected chi connectivity index (χ2v) is 6.76. The summed E-state index contributed by atoms with van der Waals surface area (Å²) in [4.78, 5) is 29.5. The van der Waals surface area contributed by atoms with Crippen molar-refractivity contribution in [2.24, 2.45) is 10.9 Å². The molecule has 140 valence electrons. The Hall–Kier alpha value is -2.02. The average Bonchev–Trinajstić information content (AvgIpc) is 2.56. The van der Waals surface area contributed by atoms with E-state index in [0.29, 0.717) is 15.9 Å².